The molecule has 0 aromatic heterocycles. The normalized spacial score (nSPS) is 17.8. The van der Waals surface area contributed by atoms with Crippen molar-refractivity contribution in [1.29, 1.82) is 0 Å². The van der Waals surface area contributed by atoms with Crippen molar-refractivity contribution in [2.75, 3.05) is 22.7 Å². The molecule has 1 saturated heterocycles. The van der Waals surface area contributed by atoms with Gasteiger partial charge in [-0.25, -0.2) is 5.14 Å². The number of halogens is 3. The SMILES string of the molecule is NS(=O)(=O)Nc1ccc(N2CCC(C(F)(F)F)CC2)cc1. The minimum absolute atomic E-state index is 0.0701. The van der Waals surface area contributed by atoms with Gasteiger partial charge in [-0.3, -0.25) is 4.72 Å². The van der Waals surface area contributed by atoms with Crippen molar-refractivity contribution < 1.29 is 21.6 Å². The van der Waals surface area contributed by atoms with Crippen LogP contribution in [0.15, 0.2) is 24.3 Å². The predicted octanol–water partition coefficient (Wildman–Crippen LogP) is 2.08. The average Bonchev–Trinajstić information content (AvgIpc) is 2.37. The predicted molar refractivity (Wildman–Crippen MR) is 74.2 cm³/mol. The maximum atomic E-state index is 12.6. The number of benzene rings is 1. The minimum Gasteiger partial charge on any atom is -0.372 e. The summed E-state index contributed by atoms with van der Waals surface area (Å²) in [5.41, 5.74) is 1.07. The van der Waals surface area contributed by atoms with Crippen LogP contribution in [0.3, 0.4) is 0 Å². The van der Waals surface area contributed by atoms with Crippen LogP contribution in [0.25, 0.3) is 0 Å². The first-order chi connectivity index (χ1) is 9.65. The summed E-state index contributed by atoms with van der Waals surface area (Å²) in [4.78, 5) is 1.85. The van der Waals surface area contributed by atoms with Crippen LogP contribution in [0.5, 0.6) is 0 Å². The first kappa shape index (κ1) is 15.9. The van der Waals surface area contributed by atoms with Gasteiger partial charge in [0.1, 0.15) is 0 Å². The number of anilines is 2. The van der Waals surface area contributed by atoms with Crippen LogP contribution < -0.4 is 14.8 Å². The second kappa shape index (κ2) is 5.72. The third-order valence-corrected chi connectivity index (χ3v) is 3.97. The molecule has 3 N–H and O–H groups in total. The topological polar surface area (TPSA) is 75.4 Å². The Morgan fingerprint density at radius 2 is 1.67 bits per heavy atom. The number of rotatable bonds is 3. The van der Waals surface area contributed by atoms with Crippen LogP contribution in [0.1, 0.15) is 12.8 Å². The van der Waals surface area contributed by atoms with Gasteiger partial charge in [-0.2, -0.15) is 21.6 Å². The first-order valence-corrected chi connectivity index (χ1v) is 7.92. The molecule has 9 heteroatoms. The zero-order valence-corrected chi connectivity index (χ0v) is 11.9. The molecule has 2 rings (SSSR count). The molecule has 1 aliphatic heterocycles. The van der Waals surface area contributed by atoms with Crippen molar-refractivity contribution in [3.05, 3.63) is 24.3 Å². The van der Waals surface area contributed by atoms with Gasteiger partial charge in [0.05, 0.1) is 5.92 Å². The van der Waals surface area contributed by atoms with Gasteiger partial charge < -0.3 is 4.90 Å². The van der Waals surface area contributed by atoms with Crippen LogP contribution in [0.4, 0.5) is 24.5 Å². The lowest BCUT2D eigenvalue weighted by molar-refractivity contribution is -0.179. The molecular weight excluding hydrogens is 307 g/mol. The lowest BCUT2D eigenvalue weighted by Gasteiger charge is -2.34. The molecule has 118 valence electrons. The molecule has 0 atom stereocenters. The molecular formula is C12H16F3N3O2S. The summed E-state index contributed by atoms with van der Waals surface area (Å²) in [6.07, 6.45) is -3.99. The zero-order chi connectivity index (χ0) is 15.7. The number of nitrogens with one attached hydrogen (secondary N) is 1. The summed E-state index contributed by atoms with van der Waals surface area (Å²) in [5.74, 6) is -1.24. The Labute approximate surface area is 121 Å². The summed E-state index contributed by atoms with van der Waals surface area (Å²) >= 11 is 0. The van der Waals surface area contributed by atoms with E-state index >= 15 is 0 Å². The monoisotopic (exact) mass is 323 g/mol. The Morgan fingerprint density at radius 1 is 1.14 bits per heavy atom. The highest BCUT2D eigenvalue weighted by atomic mass is 32.2. The van der Waals surface area contributed by atoms with E-state index in [4.69, 9.17) is 5.14 Å². The third kappa shape index (κ3) is 4.50. The van der Waals surface area contributed by atoms with Gasteiger partial charge in [0.25, 0.3) is 10.2 Å². The number of piperidine rings is 1. The molecule has 0 spiro atoms. The van der Waals surface area contributed by atoms with E-state index in [-0.39, 0.29) is 12.8 Å². The van der Waals surface area contributed by atoms with Gasteiger partial charge in [-0.1, -0.05) is 0 Å². The first-order valence-electron chi connectivity index (χ1n) is 6.37. The Balaban J connectivity index is 1.98. The van der Waals surface area contributed by atoms with Crippen LogP contribution in [0.2, 0.25) is 0 Å². The lowest BCUT2D eigenvalue weighted by atomic mass is 9.96. The van der Waals surface area contributed by atoms with Gasteiger partial charge >= 0.3 is 6.18 Å². The number of alkyl halides is 3. The van der Waals surface area contributed by atoms with Crippen LogP contribution in [-0.4, -0.2) is 27.7 Å². The fraction of sp³-hybridized carbons (Fsp3) is 0.500. The van der Waals surface area contributed by atoms with Gasteiger partial charge in [0.15, 0.2) is 0 Å². The fourth-order valence-corrected chi connectivity index (χ4v) is 2.83. The molecule has 0 unspecified atom stereocenters. The smallest absolute Gasteiger partial charge is 0.372 e. The van der Waals surface area contributed by atoms with Gasteiger partial charge in [0.2, 0.25) is 0 Å². The Morgan fingerprint density at radius 3 is 2.10 bits per heavy atom. The number of nitrogens with two attached hydrogens (primary N) is 1. The van der Waals surface area contributed by atoms with Crippen LogP contribution in [-0.2, 0) is 10.2 Å². The Bertz CT molecular complexity index is 579. The van der Waals surface area contributed by atoms with Crippen LogP contribution >= 0.6 is 0 Å². The summed E-state index contributed by atoms with van der Waals surface area (Å²) in [6.45, 7) is 0.651. The van der Waals surface area contributed by atoms with E-state index in [1.54, 1.807) is 12.1 Å². The van der Waals surface area contributed by atoms with Crippen molar-refractivity contribution >= 4 is 21.6 Å². The van der Waals surface area contributed by atoms with Crippen molar-refractivity contribution in [2.45, 2.75) is 19.0 Å². The van der Waals surface area contributed by atoms with E-state index in [0.29, 0.717) is 18.8 Å². The van der Waals surface area contributed by atoms with Gasteiger partial charge in [-0.15, -0.1) is 0 Å². The highest BCUT2D eigenvalue weighted by Crippen LogP contribution is 2.35. The molecule has 1 aromatic carbocycles. The molecule has 1 aliphatic rings. The van der Waals surface area contributed by atoms with Crippen molar-refractivity contribution in [2.24, 2.45) is 11.1 Å². The van der Waals surface area contributed by atoms with Crippen molar-refractivity contribution in [1.82, 2.24) is 0 Å². The minimum atomic E-state index is -4.13. The summed E-state index contributed by atoms with van der Waals surface area (Å²) in [6, 6.07) is 6.36. The third-order valence-electron chi connectivity index (χ3n) is 3.45. The van der Waals surface area contributed by atoms with Crippen molar-refractivity contribution in [3.8, 4) is 0 Å². The number of hydrogen-bond acceptors (Lipinski definition) is 3. The van der Waals surface area contributed by atoms with E-state index in [1.807, 2.05) is 4.90 Å². The van der Waals surface area contributed by atoms with Gasteiger partial charge in [0, 0.05) is 24.5 Å². The Kier molecular flexibility index (Phi) is 4.33. The standard InChI is InChI=1S/C12H16F3N3O2S/c13-12(14,15)9-5-7-18(8-6-9)11-3-1-10(2-4-11)17-21(16,19)20/h1-4,9,17H,5-8H2,(H2,16,19,20). The molecule has 0 radical (unpaired) electrons. The summed E-state index contributed by atoms with van der Waals surface area (Å²) < 4.78 is 61.6. The molecule has 1 aromatic rings. The molecule has 0 saturated carbocycles. The second-order valence-corrected chi connectivity index (χ2v) is 6.29. The maximum Gasteiger partial charge on any atom is 0.391 e. The summed E-state index contributed by atoms with van der Waals surface area (Å²) in [5, 5.41) is 4.85. The maximum absolute atomic E-state index is 12.6. The largest absolute Gasteiger partial charge is 0.391 e. The molecule has 0 amide bonds. The van der Waals surface area contributed by atoms with E-state index in [2.05, 4.69) is 4.72 Å². The Hall–Kier alpha value is -1.48. The molecule has 5 nitrogen and oxygen atoms in total. The number of hydrogen-bond donors (Lipinski definition) is 2. The van der Waals surface area contributed by atoms with E-state index < -0.39 is 22.3 Å². The quantitative estimate of drug-likeness (QED) is 0.894. The van der Waals surface area contributed by atoms with Gasteiger partial charge in [-0.05, 0) is 37.1 Å². The summed E-state index contributed by atoms with van der Waals surface area (Å²) in [7, 11) is -3.83. The fourth-order valence-electron chi connectivity index (χ4n) is 2.37. The van der Waals surface area contributed by atoms with E-state index in [1.165, 1.54) is 12.1 Å². The molecule has 21 heavy (non-hydrogen) atoms. The molecule has 0 aliphatic carbocycles. The molecule has 0 bridgehead atoms. The number of nitrogens with zero attached hydrogens (tertiary/aromatic N) is 1. The highest BCUT2D eigenvalue weighted by Gasteiger charge is 2.41. The second-order valence-electron chi connectivity index (χ2n) is 5.00. The molecule has 1 heterocycles. The molecule has 1 fully saturated rings. The van der Waals surface area contributed by atoms with Crippen LogP contribution in [0, 0.1) is 5.92 Å². The lowest BCUT2D eigenvalue weighted by Crippen LogP contribution is -2.38. The average molecular weight is 323 g/mol. The highest BCUT2D eigenvalue weighted by molar-refractivity contribution is 7.90. The van der Waals surface area contributed by atoms with E-state index in [9.17, 15) is 21.6 Å². The van der Waals surface area contributed by atoms with Crippen molar-refractivity contribution in [3.63, 3.8) is 0 Å². The zero-order valence-electron chi connectivity index (χ0n) is 11.1. The van der Waals surface area contributed by atoms with E-state index in [0.717, 1.165) is 5.69 Å².